The van der Waals surface area contributed by atoms with Crippen molar-refractivity contribution in [2.24, 2.45) is 5.73 Å². The van der Waals surface area contributed by atoms with Gasteiger partial charge in [-0.3, -0.25) is 0 Å². The fourth-order valence-corrected chi connectivity index (χ4v) is 2.10. The molecule has 1 saturated carbocycles. The highest BCUT2D eigenvalue weighted by Gasteiger charge is 2.27. The second kappa shape index (κ2) is 6.84. The third-order valence-electron chi connectivity index (χ3n) is 3.21. The van der Waals surface area contributed by atoms with E-state index in [9.17, 15) is 0 Å². The summed E-state index contributed by atoms with van der Waals surface area (Å²) in [6, 6.07) is 0.782. The molecule has 1 aromatic rings. The molecule has 0 saturated heterocycles. The van der Waals surface area contributed by atoms with E-state index in [1.807, 2.05) is 19.4 Å². The van der Waals surface area contributed by atoms with Crippen LogP contribution in [0.5, 0.6) is 0 Å². The first kappa shape index (κ1) is 14.2. The minimum Gasteiger partial charge on any atom is -0.376 e. The zero-order valence-electron chi connectivity index (χ0n) is 11.6. The van der Waals surface area contributed by atoms with Crippen molar-refractivity contribution in [3.63, 3.8) is 0 Å². The Bertz CT molecular complexity index is 411. The van der Waals surface area contributed by atoms with Gasteiger partial charge in [0.2, 0.25) is 0 Å². The zero-order valence-corrected chi connectivity index (χ0v) is 11.6. The smallest absolute Gasteiger partial charge is 0.0951 e. The molecule has 1 aliphatic rings. The molecule has 3 N–H and O–H groups in total. The minimum atomic E-state index is 0.150. The lowest BCUT2D eigenvalue weighted by molar-refractivity contribution is 0.155. The highest BCUT2D eigenvalue weighted by Crippen LogP contribution is 2.36. The Hall–Kier alpha value is -1.17. The minimum absolute atomic E-state index is 0.150. The number of nitrogens with zero attached hydrogens (tertiary/aromatic N) is 2. The van der Waals surface area contributed by atoms with Gasteiger partial charge < -0.3 is 20.4 Å². The van der Waals surface area contributed by atoms with Crippen LogP contribution in [0.15, 0.2) is 24.7 Å². The predicted molar refractivity (Wildman–Crippen MR) is 75.9 cm³/mol. The fraction of sp³-hybridized carbons (Fsp3) is 0.643. The molecular formula is C14H24N4O. The number of hydrogen-bond donors (Lipinski definition) is 2. The number of imidazole rings is 1. The first-order chi connectivity index (χ1) is 9.22. The first-order valence-electron chi connectivity index (χ1n) is 6.89. The average Bonchev–Trinajstić information content (AvgIpc) is 3.12. The standard InChI is InChI=1S/C14H24N4O/c1-11(2)9-19-6-5-17-13(7-15)14-8-16-10-18(14)12-3-4-12/h8,10,12-13,17H,1,3-7,9,15H2,2H3. The van der Waals surface area contributed by atoms with Crippen LogP contribution >= 0.6 is 0 Å². The molecule has 19 heavy (non-hydrogen) atoms. The molecule has 0 aromatic carbocycles. The van der Waals surface area contributed by atoms with Crippen molar-refractivity contribution in [2.75, 3.05) is 26.3 Å². The van der Waals surface area contributed by atoms with Gasteiger partial charge in [0.05, 0.1) is 31.3 Å². The summed E-state index contributed by atoms with van der Waals surface area (Å²) in [4.78, 5) is 4.24. The summed E-state index contributed by atoms with van der Waals surface area (Å²) in [6.45, 7) is 8.41. The maximum Gasteiger partial charge on any atom is 0.0951 e. The second-order valence-electron chi connectivity index (χ2n) is 5.21. The molecule has 5 heteroatoms. The van der Waals surface area contributed by atoms with E-state index in [0.717, 1.165) is 12.1 Å². The SMILES string of the molecule is C=C(C)COCCNC(CN)c1cncn1C1CC1. The number of nitrogens with one attached hydrogen (secondary N) is 1. The normalized spacial score (nSPS) is 16.5. The van der Waals surface area contributed by atoms with Crippen LogP contribution in [0.3, 0.4) is 0 Å². The molecule has 1 aromatic heterocycles. The van der Waals surface area contributed by atoms with E-state index in [4.69, 9.17) is 10.5 Å². The van der Waals surface area contributed by atoms with E-state index >= 15 is 0 Å². The van der Waals surface area contributed by atoms with Crippen molar-refractivity contribution in [2.45, 2.75) is 31.8 Å². The van der Waals surface area contributed by atoms with Crippen molar-refractivity contribution < 1.29 is 4.74 Å². The van der Waals surface area contributed by atoms with Crippen LogP contribution in [0.1, 0.15) is 37.5 Å². The van der Waals surface area contributed by atoms with Gasteiger partial charge in [0.25, 0.3) is 0 Å². The monoisotopic (exact) mass is 264 g/mol. The molecule has 1 fully saturated rings. The van der Waals surface area contributed by atoms with Crippen LogP contribution in [-0.4, -0.2) is 35.9 Å². The summed E-state index contributed by atoms with van der Waals surface area (Å²) in [5, 5.41) is 3.43. The zero-order chi connectivity index (χ0) is 13.7. The molecule has 2 rings (SSSR count). The summed E-state index contributed by atoms with van der Waals surface area (Å²) in [5.74, 6) is 0. The fourth-order valence-electron chi connectivity index (χ4n) is 2.10. The van der Waals surface area contributed by atoms with Gasteiger partial charge in [0, 0.05) is 25.3 Å². The largest absolute Gasteiger partial charge is 0.376 e. The molecule has 0 amide bonds. The highest BCUT2D eigenvalue weighted by atomic mass is 16.5. The first-order valence-corrected chi connectivity index (χ1v) is 6.89. The van der Waals surface area contributed by atoms with Gasteiger partial charge in [0.15, 0.2) is 0 Å². The maximum absolute atomic E-state index is 5.86. The Morgan fingerprint density at radius 3 is 3.11 bits per heavy atom. The van der Waals surface area contributed by atoms with Crippen LogP contribution in [0.2, 0.25) is 0 Å². The molecule has 1 unspecified atom stereocenters. The van der Waals surface area contributed by atoms with Gasteiger partial charge in [-0.2, -0.15) is 0 Å². The molecule has 5 nitrogen and oxygen atoms in total. The third-order valence-corrected chi connectivity index (χ3v) is 3.21. The number of aromatic nitrogens is 2. The third kappa shape index (κ3) is 4.16. The Kier molecular flexibility index (Phi) is 5.13. The van der Waals surface area contributed by atoms with E-state index in [1.165, 1.54) is 18.5 Å². The number of rotatable bonds is 9. The summed E-state index contributed by atoms with van der Waals surface area (Å²) in [6.07, 6.45) is 6.33. The summed E-state index contributed by atoms with van der Waals surface area (Å²) < 4.78 is 7.72. The summed E-state index contributed by atoms with van der Waals surface area (Å²) in [5.41, 5.74) is 8.09. The molecule has 0 bridgehead atoms. The van der Waals surface area contributed by atoms with Crippen molar-refractivity contribution in [3.8, 4) is 0 Å². The van der Waals surface area contributed by atoms with Crippen LogP contribution in [0.4, 0.5) is 0 Å². The topological polar surface area (TPSA) is 65.1 Å². The van der Waals surface area contributed by atoms with E-state index in [0.29, 0.717) is 25.8 Å². The number of ether oxygens (including phenoxy) is 1. The molecule has 0 spiro atoms. The van der Waals surface area contributed by atoms with Gasteiger partial charge in [-0.25, -0.2) is 4.98 Å². The molecule has 0 aliphatic heterocycles. The van der Waals surface area contributed by atoms with Crippen molar-refractivity contribution in [1.29, 1.82) is 0 Å². The highest BCUT2D eigenvalue weighted by molar-refractivity contribution is 5.09. The lowest BCUT2D eigenvalue weighted by Crippen LogP contribution is -2.32. The van der Waals surface area contributed by atoms with E-state index in [1.54, 1.807) is 0 Å². The van der Waals surface area contributed by atoms with Crippen LogP contribution in [-0.2, 0) is 4.74 Å². The number of hydrogen-bond acceptors (Lipinski definition) is 4. The lowest BCUT2D eigenvalue weighted by Gasteiger charge is -2.18. The molecule has 106 valence electrons. The van der Waals surface area contributed by atoms with Gasteiger partial charge in [0.1, 0.15) is 0 Å². The molecule has 0 radical (unpaired) electrons. The second-order valence-corrected chi connectivity index (χ2v) is 5.21. The number of nitrogens with two attached hydrogens (primary N) is 1. The quantitative estimate of drug-likeness (QED) is 0.523. The van der Waals surface area contributed by atoms with Crippen molar-refractivity contribution in [3.05, 3.63) is 30.4 Å². The Labute approximate surface area is 114 Å². The van der Waals surface area contributed by atoms with Crippen LogP contribution in [0.25, 0.3) is 0 Å². The van der Waals surface area contributed by atoms with Gasteiger partial charge in [-0.15, -0.1) is 0 Å². The van der Waals surface area contributed by atoms with E-state index < -0.39 is 0 Å². The molecule has 1 aliphatic carbocycles. The summed E-state index contributed by atoms with van der Waals surface area (Å²) >= 11 is 0. The Morgan fingerprint density at radius 2 is 2.47 bits per heavy atom. The van der Waals surface area contributed by atoms with Crippen molar-refractivity contribution in [1.82, 2.24) is 14.9 Å². The van der Waals surface area contributed by atoms with E-state index in [-0.39, 0.29) is 6.04 Å². The molecular weight excluding hydrogens is 240 g/mol. The predicted octanol–water partition coefficient (Wildman–Crippen LogP) is 1.40. The average molecular weight is 264 g/mol. The maximum atomic E-state index is 5.86. The lowest BCUT2D eigenvalue weighted by atomic mass is 10.2. The van der Waals surface area contributed by atoms with E-state index in [2.05, 4.69) is 21.4 Å². The molecule has 1 heterocycles. The summed E-state index contributed by atoms with van der Waals surface area (Å²) in [7, 11) is 0. The van der Waals surface area contributed by atoms with Crippen LogP contribution < -0.4 is 11.1 Å². The van der Waals surface area contributed by atoms with Gasteiger partial charge in [-0.1, -0.05) is 12.2 Å². The van der Waals surface area contributed by atoms with Gasteiger partial charge >= 0.3 is 0 Å². The molecule has 1 atom stereocenters. The Morgan fingerprint density at radius 1 is 1.68 bits per heavy atom. The van der Waals surface area contributed by atoms with Gasteiger partial charge in [-0.05, 0) is 19.8 Å². The van der Waals surface area contributed by atoms with Crippen molar-refractivity contribution >= 4 is 0 Å². The Balaban J connectivity index is 1.79. The van der Waals surface area contributed by atoms with Crippen LogP contribution in [0, 0.1) is 0 Å².